The second kappa shape index (κ2) is 15.2. The van der Waals surface area contributed by atoms with Crippen molar-refractivity contribution >= 4 is 23.6 Å². The molecule has 1 atom stereocenters. The van der Waals surface area contributed by atoms with Gasteiger partial charge in [-0.05, 0) is 67.2 Å². The van der Waals surface area contributed by atoms with Crippen molar-refractivity contribution in [2.75, 3.05) is 32.7 Å². The van der Waals surface area contributed by atoms with Crippen LogP contribution in [0.2, 0.25) is 5.02 Å². The van der Waals surface area contributed by atoms with Crippen LogP contribution >= 0.6 is 11.6 Å². The minimum absolute atomic E-state index is 0.00538. The summed E-state index contributed by atoms with van der Waals surface area (Å²) < 4.78 is 12.2. The van der Waals surface area contributed by atoms with Crippen LogP contribution in [-0.2, 0) is 4.79 Å². The standard InChI is InChI=1S/C31H43ClN2O5/c1-5-25(6-2)38-28-19-22(20-29(31(28)37)39-26(7-3)8-4)9-14-30(36)34-17-15-33(16-18-34)21-27(35)23-10-12-24(32)13-11-23/h9-14,19-20,25-27,35,37H,5-8,15-18,21H2,1-4H3. The smallest absolute Gasteiger partial charge is 0.246 e. The Hall–Kier alpha value is -2.74. The van der Waals surface area contributed by atoms with E-state index in [0.29, 0.717) is 49.2 Å². The monoisotopic (exact) mass is 558 g/mol. The first-order valence-electron chi connectivity index (χ1n) is 14.1. The number of aliphatic hydroxyl groups excluding tert-OH is 1. The molecule has 0 aromatic heterocycles. The van der Waals surface area contributed by atoms with Crippen molar-refractivity contribution in [3.63, 3.8) is 0 Å². The Kier molecular flexibility index (Phi) is 12.0. The molecule has 1 heterocycles. The van der Waals surface area contributed by atoms with Gasteiger partial charge in [-0.1, -0.05) is 51.4 Å². The SMILES string of the molecule is CCC(CC)Oc1cc(C=CC(=O)N2CCN(CC(O)c3ccc(Cl)cc3)CC2)cc(OC(CC)CC)c1O. The molecule has 0 aliphatic carbocycles. The fraction of sp³-hybridized carbons (Fsp3) is 0.516. The number of hydrogen-bond donors (Lipinski definition) is 2. The third-order valence-corrected chi connectivity index (χ3v) is 7.51. The van der Waals surface area contributed by atoms with Crippen molar-refractivity contribution in [1.82, 2.24) is 9.80 Å². The summed E-state index contributed by atoms with van der Waals surface area (Å²) in [6.45, 7) is 11.2. The van der Waals surface area contributed by atoms with Gasteiger partial charge in [-0.25, -0.2) is 0 Å². The summed E-state index contributed by atoms with van der Waals surface area (Å²) in [6.07, 6.45) is 5.94. The molecule has 3 rings (SSSR count). The second-order valence-electron chi connectivity index (χ2n) is 10.0. The number of phenols is 1. The maximum atomic E-state index is 13.0. The highest BCUT2D eigenvalue weighted by molar-refractivity contribution is 6.30. The summed E-state index contributed by atoms with van der Waals surface area (Å²) in [6, 6.07) is 10.7. The number of rotatable bonds is 13. The lowest BCUT2D eigenvalue weighted by molar-refractivity contribution is -0.127. The van der Waals surface area contributed by atoms with E-state index in [1.807, 2.05) is 44.7 Å². The van der Waals surface area contributed by atoms with E-state index in [-0.39, 0.29) is 23.9 Å². The van der Waals surface area contributed by atoms with Crippen molar-refractivity contribution in [2.24, 2.45) is 0 Å². The topological polar surface area (TPSA) is 82.5 Å². The number of phenolic OH excluding ortho intramolecular Hbond substituents is 1. The first kappa shape index (κ1) is 30.8. The Morgan fingerprint density at radius 2 is 1.44 bits per heavy atom. The van der Waals surface area contributed by atoms with Gasteiger partial charge in [0.15, 0.2) is 11.5 Å². The highest BCUT2D eigenvalue weighted by Gasteiger charge is 2.22. The normalized spacial score (nSPS) is 15.3. The van der Waals surface area contributed by atoms with E-state index < -0.39 is 6.10 Å². The molecule has 1 aliphatic rings. The van der Waals surface area contributed by atoms with E-state index in [2.05, 4.69) is 4.90 Å². The number of nitrogens with zero attached hydrogens (tertiary/aromatic N) is 2. The lowest BCUT2D eigenvalue weighted by atomic mass is 10.1. The summed E-state index contributed by atoms with van der Waals surface area (Å²) >= 11 is 5.95. The van der Waals surface area contributed by atoms with Gasteiger partial charge in [0, 0.05) is 43.8 Å². The molecule has 1 unspecified atom stereocenters. The van der Waals surface area contributed by atoms with E-state index in [1.165, 1.54) is 0 Å². The van der Waals surface area contributed by atoms with Crippen LogP contribution in [0.1, 0.15) is 70.6 Å². The summed E-state index contributed by atoms with van der Waals surface area (Å²) in [5.41, 5.74) is 1.56. The number of amides is 1. The molecule has 0 saturated carbocycles. The van der Waals surface area contributed by atoms with Crippen LogP contribution in [0.3, 0.4) is 0 Å². The van der Waals surface area contributed by atoms with Crippen molar-refractivity contribution in [2.45, 2.75) is 71.7 Å². The van der Waals surface area contributed by atoms with Crippen LogP contribution in [0.25, 0.3) is 6.08 Å². The Morgan fingerprint density at radius 1 is 0.923 bits per heavy atom. The van der Waals surface area contributed by atoms with Gasteiger partial charge >= 0.3 is 0 Å². The molecule has 0 radical (unpaired) electrons. The zero-order valence-corrected chi connectivity index (χ0v) is 24.4. The molecular formula is C31H43ClN2O5. The Bertz CT molecular complexity index is 1040. The zero-order valence-electron chi connectivity index (χ0n) is 23.6. The van der Waals surface area contributed by atoms with Crippen molar-refractivity contribution < 1.29 is 24.5 Å². The van der Waals surface area contributed by atoms with Crippen molar-refractivity contribution in [3.8, 4) is 17.2 Å². The van der Waals surface area contributed by atoms with Crippen molar-refractivity contribution in [1.29, 1.82) is 0 Å². The minimum Gasteiger partial charge on any atom is -0.502 e. The fourth-order valence-corrected chi connectivity index (χ4v) is 4.73. The molecule has 1 amide bonds. The molecule has 1 fully saturated rings. The van der Waals surface area contributed by atoms with Gasteiger partial charge < -0.3 is 24.6 Å². The Balaban J connectivity index is 1.65. The van der Waals surface area contributed by atoms with Gasteiger partial charge in [0.2, 0.25) is 11.7 Å². The molecule has 214 valence electrons. The summed E-state index contributed by atoms with van der Waals surface area (Å²) in [4.78, 5) is 17.0. The zero-order chi connectivity index (χ0) is 28.4. The summed E-state index contributed by atoms with van der Waals surface area (Å²) in [5.74, 6) is 0.652. The third-order valence-electron chi connectivity index (χ3n) is 7.26. The summed E-state index contributed by atoms with van der Waals surface area (Å²) in [5, 5.41) is 22.1. The average Bonchev–Trinajstić information content (AvgIpc) is 2.95. The number of piperazine rings is 1. The van der Waals surface area contributed by atoms with Crippen LogP contribution < -0.4 is 9.47 Å². The molecule has 2 aromatic carbocycles. The molecule has 1 saturated heterocycles. The largest absolute Gasteiger partial charge is 0.502 e. The third kappa shape index (κ3) is 8.88. The van der Waals surface area contributed by atoms with Crippen LogP contribution in [-0.4, -0.2) is 70.9 Å². The van der Waals surface area contributed by atoms with E-state index in [0.717, 1.165) is 36.8 Å². The molecule has 39 heavy (non-hydrogen) atoms. The van der Waals surface area contributed by atoms with E-state index in [4.69, 9.17) is 21.1 Å². The maximum absolute atomic E-state index is 13.0. The maximum Gasteiger partial charge on any atom is 0.246 e. The molecule has 7 nitrogen and oxygen atoms in total. The number of β-amino-alcohol motifs (C(OH)–C–C–N with tert-alkyl or cyclic N) is 1. The van der Waals surface area contributed by atoms with Crippen LogP contribution in [0, 0.1) is 0 Å². The average molecular weight is 559 g/mol. The molecular weight excluding hydrogens is 516 g/mol. The molecule has 2 N–H and O–H groups in total. The van der Waals surface area contributed by atoms with Crippen LogP contribution in [0.15, 0.2) is 42.5 Å². The number of hydrogen-bond acceptors (Lipinski definition) is 6. The molecule has 2 aromatic rings. The van der Waals surface area contributed by atoms with Crippen LogP contribution in [0.5, 0.6) is 17.2 Å². The number of carbonyl (C=O) groups is 1. The van der Waals surface area contributed by atoms with Gasteiger partial charge in [-0.3, -0.25) is 9.69 Å². The number of aromatic hydroxyl groups is 1. The second-order valence-corrected chi connectivity index (χ2v) is 10.4. The Labute approximate surface area is 238 Å². The highest BCUT2D eigenvalue weighted by Crippen LogP contribution is 2.40. The first-order valence-corrected chi connectivity index (χ1v) is 14.5. The highest BCUT2D eigenvalue weighted by atomic mass is 35.5. The van der Waals surface area contributed by atoms with Crippen molar-refractivity contribution in [3.05, 3.63) is 58.6 Å². The number of ether oxygens (including phenoxy) is 2. The molecule has 0 bridgehead atoms. The number of aliphatic hydroxyl groups is 1. The van der Waals surface area contributed by atoms with Gasteiger partial charge in [-0.15, -0.1) is 0 Å². The fourth-order valence-electron chi connectivity index (χ4n) is 4.61. The summed E-state index contributed by atoms with van der Waals surface area (Å²) in [7, 11) is 0. The number of carbonyl (C=O) groups excluding carboxylic acids is 1. The molecule has 8 heteroatoms. The van der Waals surface area contributed by atoms with Gasteiger partial charge in [0.1, 0.15) is 0 Å². The van der Waals surface area contributed by atoms with E-state index in [9.17, 15) is 15.0 Å². The molecule has 0 spiro atoms. The quantitative estimate of drug-likeness (QED) is 0.290. The number of benzene rings is 2. The van der Waals surface area contributed by atoms with Gasteiger partial charge in [-0.2, -0.15) is 0 Å². The number of halogens is 1. The van der Waals surface area contributed by atoms with E-state index in [1.54, 1.807) is 36.4 Å². The lowest BCUT2D eigenvalue weighted by Gasteiger charge is -2.35. The van der Waals surface area contributed by atoms with Gasteiger partial charge in [0.25, 0.3) is 0 Å². The lowest BCUT2D eigenvalue weighted by Crippen LogP contribution is -2.49. The predicted octanol–water partition coefficient (Wildman–Crippen LogP) is 6.07. The van der Waals surface area contributed by atoms with E-state index >= 15 is 0 Å². The first-order chi connectivity index (χ1) is 18.8. The predicted molar refractivity (Wildman–Crippen MR) is 157 cm³/mol. The molecule has 1 aliphatic heterocycles. The minimum atomic E-state index is -0.605. The van der Waals surface area contributed by atoms with Crippen LogP contribution in [0.4, 0.5) is 0 Å². The Morgan fingerprint density at radius 3 is 1.92 bits per heavy atom. The van der Waals surface area contributed by atoms with Gasteiger partial charge in [0.05, 0.1) is 18.3 Å².